The Hall–Kier alpha value is -0.710. The second kappa shape index (κ2) is 4.88. The Balaban J connectivity index is 2.19. The van der Waals surface area contributed by atoms with Gasteiger partial charge in [0.15, 0.2) is 0 Å². The fourth-order valence-electron chi connectivity index (χ4n) is 1.67. The van der Waals surface area contributed by atoms with Gasteiger partial charge in [-0.2, -0.15) is 0 Å². The van der Waals surface area contributed by atoms with Gasteiger partial charge in [0.2, 0.25) is 5.91 Å². The van der Waals surface area contributed by atoms with Crippen LogP contribution in [-0.4, -0.2) is 35.4 Å². The number of likely N-dealkylation sites (tertiary alicyclic amines) is 1. The van der Waals surface area contributed by atoms with E-state index in [2.05, 4.69) is 10.3 Å². The fraction of sp³-hybridized carbons (Fsp3) is 0.400. The van der Waals surface area contributed by atoms with E-state index in [9.17, 15) is 4.79 Å². The SMILES string of the molecule is CN1CCC(Nc2nc(Cl)c(Cl)cc2Cl)C1=O. The third-order valence-corrected chi connectivity index (χ3v) is 3.59. The van der Waals surface area contributed by atoms with Crippen LogP contribution < -0.4 is 5.32 Å². The highest BCUT2D eigenvalue weighted by molar-refractivity contribution is 6.42. The lowest BCUT2D eigenvalue weighted by Gasteiger charge is -2.14. The zero-order chi connectivity index (χ0) is 12.6. The van der Waals surface area contributed by atoms with Crippen molar-refractivity contribution in [2.24, 2.45) is 0 Å². The highest BCUT2D eigenvalue weighted by Gasteiger charge is 2.29. The molecule has 0 aliphatic carbocycles. The van der Waals surface area contributed by atoms with E-state index in [4.69, 9.17) is 34.8 Å². The third-order valence-electron chi connectivity index (χ3n) is 2.63. The number of nitrogens with one attached hydrogen (secondary N) is 1. The number of hydrogen-bond donors (Lipinski definition) is 1. The molecule has 0 saturated carbocycles. The maximum absolute atomic E-state index is 11.7. The first-order valence-electron chi connectivity index (χ1n) is 5.02. The summed E-state index contributed by atoms with van der Waals surface area (Å²) in [6, 6.07) is 1.20. The second-order valence-corrected chi connectivity index (χ2v) is 5.01. The third kappa shape index (κ3) is 2.59. The molecule has 17 heavy (non-hydrogen) atoms. The number of nitrogens with zero attached hydrogens (tertiary/aromatic N) is 2. The van der Waals surface area contributed by atoms with Crippen LogP contribution in [0.4, 0.5) is 5.82 Å². The van der Waals surface area contributed by atoms with Gasteiger partial charge in [-0.25, -0.2) is 4.98 Å². The van der Waals surface area contributed by atoms with Gasteiger partial charge >= 0.3 is 0 Å². The van der Waals surface area contributed by atoms with Gasteiger partial charge in [0.05, 0.1) is 10.0 Å². The van der Waals surface area contributed by atoms with Crippen molar-refractivity contribution in [3.05, 3.63) is 21.3 Å². The minimum atomic E-state index is -0.303. The molecule has 0 spiro atoms. The first kappa shape index (κ1) is 12.7. The summed E-state index contributed by atoms with van der Waals surface area (Å²) in [5.41, 5.74) is 0. The van der Waals surface area contributed by atoms with Gasteiger partial charge < -0.3 is 10.2 Å². The minimum Gasteiger partial charge on any atom is -0.357 e. The van der Waals surface area contributed by atoms with E-state index >= 15 is 0 Å². The molecule has 1 amide bonds. The first-order chi connectivity index (χ1) is 7.99. The number of amides is 1. The average molecular weight is 295 g/mol. The van der Waals surface area contributed by atoms with Crippen LogP contribution in [0, 0.1) is 0 Å². The van der Waals surface area contributed by atoms with Crippen LogP contribution in [-0.2, 0) is 4.79 Å². The molecule has 1 N–H and O–H groups in total. The van der Waals surface area contributed by atoms with Crippen molar-refractivity contribution >= 4 is 46.5 Å². The molecule has 1 unspecified atom stereocenters. The van der Waals surface area contributed by atoms with Crippen molar-refractivity contribution in [2.45, 2.75) is 12.5 Å². The van der Waals surface area contributed by atoms with Gasteiger partial charge in [-0.3, -0.25) is 4.79 Å². The molecule has 1 aromatic heterocycles. The molecule has 1 aromatic rings. The van der Waals surface area contributed by atoms with E-state index in [1.54, 1.807) is 11.9 Å². The lowest BCUT2D eigenvalue weighted by molar-refractivity contribution is -0.127. The number of aromatic nitrogens is 1. The van der Waals surface area contributed by atoms with Crippen LogP contribution in [0.15, 0.2) is 6.07 Å². The highest BCUT2D eigenvalue weighted by atomic mass is 35.5. The Morgan fingerprint density at radius 3 is 2.71 bits per heavy atom. The summed E-state index contributed by atoms with van der Waals surface area (Å²) in [6.45, 7) is 0.718. The fourth-order valence-corrected chi connectivity index (χ4v) is 2.22. The molecule has 1 aliphatic rings. The molecule has 7 heteroatoms. The van der Waals surface area contributed by atoms with Crippen molar-refractivity contribution in [3.63, 3.8) is 0 Å². The number of carbonyl (C=O) groups excluding carboxylic acids is 1. The Bertz CT molecular complexity index is 466. The maximum Gasteiger partial charge on any atom is 0.244 e. The summed E-state index contributed by atoms with van der Waals surface area (Å²) in [5, 5.41) is 3.78. The predicted octanol–water partition coefficient (Wildman–Crippen LogP) is 2.68. The average Bonchev–Trinajstić information content (AvgIpc) is 2.58. The molecule has 0 aromatic carbocycles. The number of halogens is 3. The molecule has 1 fully saturated rings. The first-order valence-corrected chi connectivity index (χ1v) is 6.15. The second-order valence-electron chi connectivity index (χ2n) is 3.84. The van der Waals surface area contributed by atoms with E-state index in [1.165, 1.54) is 6.07 Å². The number of rotatable bonds is 2. The van der Waals surface area contributed by atoms with E-state index in [0.29, 0.717) is 17.3 Å². The quantitative estimate of drug-likeness (QED) is 0.853. The molecule has 1 atom stereocenters. The number of pyridine rings is 1. The molecule has 2 heterocycles. The van der Waals surface area contributed by atoms with E-state index in [-0.39, 0.29) is 22.1 Å². The Labute approximate surface area is 114 Å². The summed E-state index contributed by atoms with van der Waals surface area (Å²) >= 11 is 17.5. The largest absolute Gasteiger partial charge is 0.357 e. The summed E-state index contributed by atoms with van der Waals surface area (Å²) in [7, 11) is 1.76. The van der Waals surface area contributed by atoms with Crippen molar-refractivity contribution < 1.29 is 4.79 Å². The number of carbonyl (C=O) groups is 1. The molecule has 2 rings (SSSR count). The van der Waals surface area contributed by atoms with Crippen molar-refractivity contribution in [1.82, 2.24) is 9.88 Å². The standard InChI is InChI=1S/C10H10Cl3N3O/c1-16-3-2-7(10(16)17)14-9-6(12)4-5(11)8(13)15-9/h4,7H,2-3H2,1H3,(H,14,15). The van der Waals surface area contributed by atoms with E-state index in [1.807, 2.05) is 0 Å². The van der Waals surface area contributed by atoms with Crippen molar-refractivity contribution in [1.29, 1.82) is 0 Å². The van der Waals surface area contributed by atoms with Gasteiger partial charge in [-0.05, 0) is 12.5 Å². The Morgan fingerprint density at radius 2 is 2.12 bits per heavy atom. The summed E-state index contributed by atoms with van der Waals surface area (Å²) in [6.07, 6.45) is 0.716. The maximum atomic E-state index is 11.7. The van der Waals surface area contributed by atoms with Gasteiger partial charge in [-0.15, -0.1) is 0 Å². The normalized spacial score (nSPS) is 19.9. The summed E-state index contributed by atoms with van der Waals surface area (Å²) in [4.78, 5) is 17.4. The van der Waals surface area contributed by atoms with Gasteiger partial charge in [-0.1, -0.05) is 34.8 Å². The summed E-state index contributed by atoms with van der Waals surface area (Å²) < 4.78 is 0. The zero-order valence-electron chi connectivity index (χ0n) is 9.01. The molecular formula is C10H10Cl3N3O. The summed E-state index contributed by atoms with van der Waals surface area (Å²) in [5.74, 6) is 0.406. The number of likely N-dealkylation sites (N-methyl/N-ethyl adjacent to an activating group) is 1. The minimum absolute atomic E-state index is 0.0222. The zero-order valence-corrected chi connectivity index (χ0v) is 11.3. The number of anilines is 1. The van der Waals surface area contributed by atoms with Gasteiger partial charge in [0.25, 0.3) is 0 Å². The topological polar surface area (TPSA) is 45.2 Å². The highest BCUT2D eigenvalue weighted by Crippen LogP contribution is 2.30. The van der Waals surface area contributed by atoms with Crippen molar-refractivity contribution in [3.8, 4) is 0 Å². The molecule has 1 aliphatic heterocycles. The van der Waals surface area contributed by atoms with Gasteiger partial charge in [0.1, 0.15) is 17.0 Å². The van der Waals surface area contributed by atoms with Crippen molar-refractivity contribution in [2.75, 3.05) is 18.9 Å². The van der Waals surface area contributed by atoms with Crippen LogP contribution in [0.25, 0.3) is 0 Å². The molecule has 0 bridgehead atoms. The number of hydrogen-bond acceptors (Lipinski definition) is 3. The van der Waals surface area contributed by atoms with Crippen LogP contribution in [0.3, 0.4) is 0 Å². The molecule has 0 radical (unpaired) electrons. The van der Waals surface area contributed by atoms with Crippen LogP contribution in [0.1, 0.15) is 6.42 Å². The van der Waals surface area contributed by atoms with Crippen LogP contribution in [0.5, 0.6) is 0 Å². The lowest BCUT2D eigenvalue weighted by Crippen LogP contribution is -2.31. The predicted molar refractivity (Wildman–Crippen MR) is 68.9 cm³/mol. The molecular weight excluding hydrogens is 284 g/mol. The Kier molecular flexibility index (Phi) is 3.66. The monoisotopic (exact) mass is 293 g/mol. The molecule has 4 nitrogen and oxygen atoms in total. The Morgan fingerprint density at radius 1 is 1.41 bits per heavy atom. The van der Waals surface area contributed by atoms with Gasteiger partial charge in [0, 0.05) is 13.6 Å². The smallest absolute Gasteiger partial charge is 0.244 e. The molecule has 92 valence electrons. The lowest BCUT2D eigenvalue weighted by atomic mass is 10.2. The van der Waals surface area contributed by atoms with Crippen LogP contribution >= 0.6 is 34.8 Å². The van der Waals surface area contributed by atoms with E-state index < -0.39 is 0 Å². The molecule has 1 saturated heterocycles. The van der Waals surface area contributed by atoms with Crippen LogP contribution in [0.2, 0.25) is 15.2 Å². The van der Waals surface area contributed by atoms with E-state index in [0.717, 1.165) is 6.54 Å².